The summed E-state index contributed by atoms with van der Waals surface area (Å²) in [4.78, 5) is 27.3. The molecule has 1 fully saturated rings. The number of piperidine rings is 1. The van der Waals surface area contributed by atoms with E-state index in [1.54, 1.807) is 19.0 Å². The molecule has 20 heavy (non-hydrogen) atoms. The van der Waals surface area contributed by atoms with E-state index >= 15 is 0 Å². The molecule has 0 N–H and O–H groups in total. The van der Waals surface area contributed by atoms with Gasteiger partial charge < -0.3 is 9.80 Å². The van der Waals surface area contributed by atoms with Crippen LogP contribution < -0.4 is 0 Å². The summed E-state index contributed by atoms with van der Waals surface area (Å²) in [7, 11) is 3.58. The highest BCUT2D eigenvalue weighted by atomic mass is 16.2. The molecule has 1 aliphatic rings. The van der Waals surface area contributed by atoms with Crippen molar-refractivity contribution >= 4 is 11.8 Å². The summed E-state index contributed by atoms with van der Waals surface area (Å²) in [5.74, 6) is 0.879. The van der Waals surface area contributed by atoms with Gasteiger partial charge in [-0.05, 0) is 31.6 Å². The molecule has 0 bridgehead atoms. The molecule has 1 heterocycles. The van der Waals surface area contributed by atoms with Crippen molar-refractivity contribution in [2.24, 2.45) is 5.92 Å². The van der Waals surface area contributed by atoms with Gasteiger partial charge in [0, 0.05) is 40.0 Å². The zero-order valence-electron chi connectivity index (χ0n) is 13.1. The zero-order valence-corrected chi connectivity index (χ0v) is 13.1. The van der Waals surface area contributed by atoms with E-state index in [4.69, 9.17) is 0 Å². The van der Waals surface area contributed by atoms with Gasteiger partial charge in [-0.25, -0.2) is 0 Å². The van der Waals surface area contributed by atoms with E-state index in [1.165, 1.54) is 0 Å². The summed E-state index contributed by atoms with van der Waals surface area (Å²) in [5.41, 5.74) is 0. The first kappa shape index (κ1) is 16.7. The fraction of sp³-hybridized carbons (Fsp3) is 0.750. The molecular formula is C16H28N2O2. The number of hydrogen-bond donors (Lipinski definition) is 0. The molecule has 1 unspecified atom stereocenters. The largest absolute Gasteiger partial charge is 0.349 e. The van der Waals surface area contributed by atoms with Crippen molar-refractivity contribution in [3.8, 4) is 0 Å². The van der Waals surface area contributed by atoms with Gasteiger partial charge in [-0.3, -0.25) is 9.59 Å². The summed E-state index contributed by atoms with van der Waals surface area (Å²) >= 11 is 0. The van der Waals surface area contributed by atoms with Crippen LogP contribution in [0.2, 0.25) is 0 Å². The Hall–Kier alpha value is -1.32. The van der Waals surface area contributed by atoms with Crippen LogP contribution in [0.5, 0.6) is 0 Å². The average molecular weight is 280 g/mol. The van der Waals surface area contributed by atoms with Gasteiger partial charge >= 0.3 is 0 Å². The Bertz CT molecular complexity index is 350. The molecule has 2 amide bonds. The van der Waals surface area contributed by atoms with Crippen molar-refractivity contribution in [3.63, 3.8) is 0 Å². The summed E-state index contributed by atoms with van der Waals surface area (Å²) in [6.45, 7) is 3.76. The van der Waals surface area contributed by atoms with Crippen LogP contribution in [0.4, 0.5) is 0 Å². The van der Waals surface area contributed by atoms with E-state index in [-0.39, 0.29) is 11.8 Å². The minimum Gasteiger partial charge on any atom is -0.349 e. The van der Waals surface area contributed by atoms with Gasteiger partial charge in [0.2, 0.25) is 11.8 Å². The Morgan fingerprint density at radius 1 is 1.30 bits per heavy atom. The van der Waals surface area contributed by atoms with Crippen LogP contribution in [-0.4, -0.2) is 48.8 Å². The zero-order chi connectivity index (χ0) is 15.0. The van der Waals surface area contributed by atoms with E-state index in [0.29, 0.717) is 18.8 Å². The van der Waals surface area contributed by atoms with Crippen LogP contribution in [-0.2, 0) is 9.59 Å². The second kappa shape index (κ2) is 8.77. The molecular weight excluding hydrogens is 252 g/mol. The lowest BCUT2D eigenvalue weighted by Gasteiger charge is -2.32. The molecule has 0 saturated carbocycles. The number of nitrogens with zero attached hydrogens (tertiary/aromatic N) is 2. The first-order valence-electron chi connectivity index (χ1n) is 7.67. The van der Waals surface area contributed by atoms with Gasteiger partial charge in [-0.2, -0.15) is 0 Å². The van der Waals surface area contributed by atoms with Crippen molar-refractivity contribution < 1.29 is 9.59 Å². The molecule has 0 aromatic carbocycles. The molecule has 1 atom stereocenters. The Balaban J connectivity index is 2.36. The van der Waals surface area contributed by atoms with Gasteiger partial charge in [0.05, 0.1) is 0 Å². The minimum absolute atomic E-state index is 0.180. The Kier molecular flexibility index (Phi) is 7.34. The summed E-state index contributed by atoms with van der Waals surface area (Å²) in [5, 5.41) is 0. The van der Waals surface area contributed by atoms with E-state index in [0.717, 1.165) is 38.8 Å². The number of carbonyl (C=O) groups is 2. The third-order valence-electron chi connectivity index (χ3n) is 3.83. The Morgan fingerprint density at radius 3 is 2.70 bits per heavy atom. The van der Waals surface area contributed by atoms with Gasteiger partial charge in [0.15, 0.2) is 0 Å². The second-order valence-corrected chi connectivity index (χ2v) is 5.76. The number of allylic oxidation sites excluding steroid dienone is 1. The van der Waals surface area contributed by atoms with E-state index in [9.17, 15) is 9.59 Å². The molecule has 0 spiro atoms. The second-order valence-electron chi connectivity index (χ2n) is 5.76. The maximum absolute atomic E-state index is 12.1. The van der Waals surface area contributed by atoms with Crippen molar-refractivity contribution in [2.45, 2.75) is 45.4 Å². The lowest BCUT2D eigenvalue weighted by Crippen LogP contribution is -2.40. The molecule has 0 aromatic heterocycles. The third-order valence-corrected chi connectivity index (χ3v) is 3.83. The predicted molar refractivity (Wildman–Crippen MR) is 81.3 cm³/mol. The first-order valence-corrected chi connectivity index (χ1v) is 7.67. The summed E-state index contributed by atoms with van der Waals surface area (Å²) < 4.78 is 0. The van der Waals surface area contributed by atoms with Crippen molar-refractivity contribution in [3.05, 3.63) is 12.2 Å². The Labute approximate surface area is 122 Å². The molecule has 1 saturated heterocycles. The van der Waals surface area contributed by atoms with Gasteiger partial charge in [0.1, 0.15) is 0 Å². The SMILES string of the molecule is CCC=CCC(=O)N1CCCC(CCC(=O)N(C)C)C1. The average Bonchev–Trinajstić information content (AvgIpc) is 2.45. The molecule has 0 aliphatic carbocycles. The monoisotopic (exact) mass is 280 g/mol. The topological polar surface area (TPSA) is 40.6 Å². The number of amides is 2. The summed E-state index contributed by atoms with van der Waals surface area (Å²) in [6.07, 6.45) is 9.16. The third kappa shape index (κ3) is 5.76. The number of hydrogen-bond acceptors (Lipinski definition) is 2. The molecule has 1 rings (SSSR count). The fourth-order valence-electron chi connectivity index (χ4n) is 2.56. The molecule has 4 heteroatoms. The van der Waals surface area contributed by atoms with Crippen LogP contribution in [0.1, 0.15) is 45.4 Å². The van der Waals surface area contributed by atoms with E-state index in [2.05, 4.69) is 6.92 Å². The van der Waals surface area contributed by atoms with Crippen LogP contribution in [0.3, 0.4) is 0 Å². The number of likely N-dealkylation sites (tertiary alicyclic amines) is 1. The van der Waals surface area contributed by atoms with E-state index < -0.39 is 0 Å². The highest BCUT2D eigenvalue weighted by molar-refractivity contribution is 5.78. The summed E-state index contributed by atoms with van der Waals surface area (Å²) in [6, 6.07) is 0. The van der Waals surface area contributed by atoms with Gasteiger partial charge in [0.25, 0.3) is 0 Å². The first-order chi connectivity index (χ1) is 9.54. The predicted octanol–water partition coefficient (Wildman–Crippen LogP) is 2.45. The lowest BCUT2D eigenvalue weighted by molar-refractivity contribution is -0.132. The molecule has 0 aromatic rings. The molecule has 4 nitrogen and oxygen atoms in total. The lowest BCUT2D eigenvalue weighted by atomic mass is 9.93. The number of carbonyl (C=O) groups excluding carboxylic acids is 2. The van der Waals surface area contributed by atoms with Crippen LogP contribution in [0.25, 0.3) is 0 Å². The van der Waals surface area contributed by atoms with Crippen molar-refractivity contribution in [1.29, 1.82) is 0 Å². The van der Waals surface area contributed by atoms with Gasteiger partial charge in [-0.1, -0.05) is 19.1 Å². The van der Waals surface area contributed by atoms with Crippen LogP contribution >= 0.6 is 0 Å². The normalized spacial score (nSPS) is 19.4. The highest BCUT2D eigenvalue weighted by Gasteiger charge is 2.23. The smallest absolute Gasteiger partial charge is 0.226 e. The van der Waals surface area contributed by atoms with Crippen LogP contribution in [0, 0.1) is 5.92 Å². The number of rotatable bonds is 6. The standard InChI is InChI=1S/C16H28N2O2/c1-4-5-6-9-16(20)18-12-7-8-14(13-18)10-11-15(19)17(2)3/h5-6,14H,4,7-13H2,1-3H3. The maximum atomic E-state index is 12.1. The van der Waals surface area contributed by atoms with Crippen molar-refractivity contribution in [2.75, 3.05) is 27.2 Å². The van der Waals surface area contributed by atoms with E-state index in [1.807, 2.05) is 17.1 Å². The quantitative estimate of drug-likeness (QED) is 0.701. The molecule has 1 aliphatic heterocycles. The molecule has 114 valence electrons. The van der Waals surface area contributed by atoms with Gasteiger partial charge in [-0.15, -0.1) is 0 Å². The van der Waals surface area contributed by atoms with Crippen molar-refractivity contribution in [1.82, 2.24) is 9.80 Å². The minimum atomic E-state index is 0.180. The maximum Gasteiger partial charge on any atom is 0.226 e. The fourth-order valence-corrected chi connectivity index (χ4v) is 2.56. The Morgan fingerprint density at radius 2 is 2.05 bits per heavy atom. The van der Waals surface area contributed by atoms with Crippen LogP contribution in [0.15, 0.2) is 12.2 Å². The highest BCUT2D eigenvalue weighted by Crippen LogP contribution is 2.21. The molecule has 0 radical (unpaired) electrons.